The number of ether oxygens (including phenoxy) is 1. The van der Waals surface area contributed by atoms with Crippen LogP contribution in [0, 0.1) is 19.7 Å². The lowest BCUT2D eigenvalue weighted by Crippen LogP contribution is -2.26. The molecule has 0 fully saturated rings. The number of fused-ring (bicyclic) bond motifs is 1. The van der Waals surface area contributed by atoms with E-state index in [9.17, 15) is 17.6 Å². The van der Waals surface area contributed by atoms with Gasteiger partial charge in [-0.1, -0.05) is 0 Å². The lowest BCUT2D eigenvalue weighted by atomic mass is 10.1. The van der Waals surface area contributed by atoms with Crippen LogP contribution < -0.4 is 25.7 Å². The zero-order chi connectivity index (χ0) is 23.8. The van der Waals surface area contributed by atoms with Crippen LogP contribution in [0.1, 0.15) is 11.1 Å². The summed E-state index contributed by atoms with van der Waals surface area (Å²) in [6.45, 7) is 4.47. The molecule has 0 aliphatic carbocycles. The minimum atomic E-state index is -4.13. The Hall–Kier alpha value is -3.11. The molecule has 1 heterocycles. The second kappa shape index (κ2) is 8.79. The summed E-state index contributed by atoms with van der Waals surface area (Å²) in [4.78, 5) is 13.6. The van der Waals surface area contributed by atoms with Crippen LogP contribution in [0.2, 0.25) is 0 Å². The van der Waals surface area contributed by atoms with Gasteiger partial charge in [0.15, 0.2) is 0 Å². The lowest BCUT2D eigenvalue weighted by molar-refractivity contribution is 0.415. The van der Waals surface area contributed by atoms with Gasteiger partial charge in [0.2, 0.25) is 10.0 Å². The number of primary sulfonamides is 1. The summed E-state index contributed by atoms with van der Waals surface area (Å²) in [5.41, 5.74) is 3.26. The van der Waals surface area contributed by atoms with Gasteiger partial charge in [0.25, 0.3) is 5.56 Å². The number of methoxy groups -OCH3 is 1. The Labute approximate surface area is 186 Å². The Bertz CT molecular complexity index is 1350. The Morgan fingerprint density at radius 1 is 1.16 bits per heavy atom. The Morgan fingerprint density at radius 3 is 2.47 bits per heavy atom. The number of aryl methyl sites for hydroxylation is 3. The molecule has 2 aromatic carbocycles. The number of hydrogen-bond donors (Lipinski definition) is 2. The first-order valence-corrected chi connectivity index (χ1v) is 11.4. The van der Waals surface area contributed by atoms with Crippen molar-refractivity contribution in [2.75, 3.05) is 37.5 Å². The summed E-state index contributed by atoms with van der Waals surface area (Å²) in [6, 6.07) is 7.93. The number of benzene rings is 2. The van der Waals surface area contributed by atoms with Crippen molar-refractivity contribution in [1.82, 2.24) is 4.57 Å². The SMILES string of the molecule is COc1cc(NCCN(C)c2cc(F)c(S(N)(=O)=O)cc2C)c2cc(C)c(=O)n(C)c2c1. The van der Waals surface area contributed by atoms with Crippen LogP contribution >= 0.6 is 0 Å². The molecule has 1 aromatic heterocycles. The van der Waals surface area contributed by atoms with Crippen LogP contribution in [-0.4, -0.2) is 40.2 Å². The first-order chi connectivity index (χ1) is 14.9. The highest BCUT2D eigenvalue weighted by Gasteiger charge is 2.18. The molecule has 0 spiro atoms. The van der Waals surface area contributed by atoms with Gasteiger partial charge in [0.05, 0.1) is 12.6 Å². The van der Waals surface area contributed by atoms with Crippen molar-refractivity contribution in [1.29, 1.82) is 0 Å². The second-order valence-corrected chi connectivity index (χ2v) is 9.29. The quantitative estimate of drug-likeness (QED) is 0.559. The smallest absolute Gasteiger partial charge is 0.253 e. The highest BCUT2D eigenvalue weighted by molar-refractivity contribution is 7.89. The first-order valence-electron chi connectivity index (χ1n) is 9.90. The van der Waals surface area contributed by atoms with Gasteiger partial charge in [-0.3, -0.25) is 4.79 Å². The average Bonchev–Trinajstić information content (AvgIpc) is 2.72. The molecule has 3 aromatic rings. The number of anilines is 2. The maximum absolute atomic E-state index is 14.3. The predicted molar refractivity (Wildman–Crippen MR) is 125 cm³/mol. The zero-order valence-corrected chi connectivity index (χ0v) is 19.5. The van der Waals surface area contributed by atoms with Crippen molar-refractivity contribution in [2.24, 2.45) is 12.2 Å². The molecule has 0 atom stereocenters. The van der Waals surface area contributed by atoms with E-state index in [1.165, 1.54) is 12.1 Å². The molecule has 0 aliphatic rings. The fourth-order valence-electron chi connectivity index (χ4n) is 3.71. The molecule has 0 amide bonds. The summed E-state index contributed by atoms with van der Waals surface area (Å²) in [7, 11) is 0.941. The van der Waals surface area contributed by atoms with Crippen LogP contribution in [0.3, 0.4) is 0 Å². The van der Waals surface area contributed by atoms with Gasteiger partial charge in [-0.05, 0) is 37.6 Å². The molecular formula is C22H27FN4O4S. The first kappa shape index (κ1) is 23.6. The van der Waals surface area contributed by atoms with E-state index in [0.29, 0.717) is 35.7 Å². The molecule has 3 N–H and O–H groups in total. The third-order valence-electron chi connectivity index (χ3n) is 5.46. The standard InChI is InChI=1S/C22H27FN4O4S/c1-13-9-21(32(24,29)30)17(23)12-19(13)26(3)7-6-25-18-10-15(31-5)11-20-16(18)8-14(2)22(28)27(20)4/h8-12,25H,6-7H2,1-5H3,(H2,24,29,30). The van der Waals surface area contributed by atoms with Crippen molar-refractivity contribution >= 4 is 32.3 Å². The van der Waals surface area contributed by atoms with Crippen molar-refractivity contribution in [3.8, 4) is 5.75 Å². The van der Waals surface area contributed by atoms with Crippen LogP contribution in [0.15, 0.2) is 40.0 Å². The summed E-state index contributed by atoms with van der Waals surface area (Å²) >= 11 is 0. The molecule has 3 rings (SSSR count). The highest BCUT2D eigenvalue weighted by atomic mass is 32.2. The van der Waals surface area contributed by atoms with E-state index in [0.717, 1.165) is 16.6 Å². The minimum absolute atomic E-state index is 0.0723. The fraction of sp³-hybridized carbons (Fsp3) is 0.318. The van der Waals surface area contributed by atoms with Gasteiger partial charge >= 0.3 is 0 Å². The van der Waals surface area contributed by atoms with Crippen molar-refractivity contribution in [3.63, 3.8) is 0 Å². The van der Waals surface area contributed by atoms with Crippen molar-refractivity contribution < 1.29 is 17.5 Å². The van der Waals surface area contributed by atoms with Gasteiger partial charge in [-0.2, -0.15) is 0 Å². The monoisotopic (exact) mass is 462 g/mol. The maximum Gasteiger partial charge on any atom is 0.253 e. The number of rotatable bonds is 7. The lowest BCUT2D eigenvalue weighted by Gasteiger charge is -2.23. The van der Waals surface area contributed by atoms with E-state index in [4.69, 9.17) is 9.88 Å². The summed E-state index contributed by atoms with van der Waals surface area (Å²) in [6.07, 6.45) is 0. The Morgan fingerprint density at radius 2 is 1.84 bits per heavy atom. The molecule has 8 nitrogen and oxygen atoms in total. The number of pyridine rings is 1. The number of halogens is 1. The second-order valence-electron chi connectivity index (χ2n) is 7.76. The molecule has 32 heavy (non-hydrogen) atoms. The number of sulfonamides is 1. The van der Waals surface area contributed by atoms with Crippen LogP contribution in [-0.2, 0) is 17.1 Å². The predicted octanol–water partition coefficient (Wildman–Crippen LogP) is 2.50. The molecule has 10 heteroatoms. The number of nitrogens with zero attached hydrogens (tertiary/aromatic N) is 2. The van der Waals surface area contributed by atoms with E-state index in [1.807, 2.05) is 23.1 Å². The maximum atomic E-state index is 14.3. The number of aromatic nitrogens is 1. The van der Waals surface area contributed by atoms with E-state index < -0.39 is 20.7 Å². The van der Waals surface area contributed by atoms with E-state index >= 15 is 0 Å². The van der Waals surface area contributed by atoms with Crippen LogP contribution in [0.5, 0.6) is 5.75 Å². The van der Waals surface area contributed by atoms with Gasteiger partial charge in [-0.25, -0.2) is 17.9 Å². The van der Waals surface area contributed by atoms with Crippen LogP contribution in [0.25, 0.3) is 10.9 Å². The Kier molecular flexibility index (Phi) is 6.47. The molecule has 0 radical (unpaired) electrons. The third-order valence-corrected chi connectivity index (χ3v) is 6.39. The number of nitrogens with one attached hydrogen (secondary N) is 1. The van der Waals surface area contributed by atoms with E-state index in [2.05, 4.69) is 5.32 Å². The number of hydrogen-bond acceptors (Lipinski definition) is 6. The molecule has 0 aliphatic heterocycles. The summed E-state index contributed by atoms with van der Waals surface area (Å²) in [5.74, 6) is -0.271. The zero-order valence-electron chi connectivity index (χ0n) is 18.7. The van der Waals surface area contributed by atoms with Gasteiger partial charge in [0.1, 0.15) is 16.5 Å². The molecular weight excluding hydrogens is 435 g/mol. The van der Waals surface area contributed by atoms with E-state index in [1.54, 1.807) is 39.6 Å². The molecule has 0 bridgehead atoms. The minimum Gasteiger partial charge on any atom is -0.497 e. The van der Waals surface area contributed by atoms with Gasteiger partial charge in [0, 0.05) is 61.6 Å². The third kappa shape index (κ3) is 4.56. The highest BCUT2D eigenvalue weighted by Crippen LogP contribution is 2.29. The van der Waals surface area contributed by atoms with Gasteiger partial charge in [-0.15, -0.1) is 0 Å². The topological polar surface area (TPSA) is 107 Å². The number of nitrogens with two attached hydrogens (primary N) is 1. The Balaban J connectivity index is 1.85. The normalized spacial score (nSPS) is 11.6. The van der Waals surface area contributed by atoms with Gasteiger partial charge < -0.3 is 19.5 Å². The average molecular weight is 463 g/mol. The molecule has 172 valence electrons. The van der Waals surface area contributed by atoms with Crippen molar-refractivity contribution in [2.45, 2.75) is 18.7 Å². The summed E-state index contributed by atoms with van der Waals surface area (Å²) < 4.78 is 44.3. The van der Waals surface area contributed by atoms with Crippen LogP contribution in [0.4, 0.5) is 15.8 Å². The molecule has 0 saturated carbocycles. The fourth-order valence-corrected chi connectivity index (χ4v) is 4.38. The van der Waals surface area contributed by atoms with Crippen molar-refractivity contribution in [3.05, 3.63) is 57.6 Å². The summed E-state index contributed by atoms with van der Waals surface area (Å²) in [5, 5.41) is 9.32. The van der Waals surface area contributed by atoms with E-state index in [-0.39, 0.29) is 5.56 Å². The number of likely N-dealkylation sites (N-methyl/N-ethyl adjacent to an activating group) is 1. The molecule has 0 saturated heterocycles. The largest absolute Gasteiger partial charge is 0.497 e. The molecule has 0 unspecified atom stereocenters.